The molecule has 4 aromatic rings. The third-order valence-corrected chi connectivity index (χ3v) is 5.64. The highest BCUT2D eigenvalue weighted by Gasteiger charge is 2.16. The number of nitrogens with one attached hydrogen (secondary N) is 1. The number of fused-ring (bicyclic) bond motifs is 1. The Morgan fingerprint density at radius 1 is 1.00 bits per heavy atom. The fraction of sp³-hybridized carbons (Fsp3) is 0.250. The molecular weight excluding hydrogens is 390 g/mol. The van der Waals surface area contributed by atoms with E-state index in [-0.39, 0.29) is 0 Å². The summed E-state index contributed by atoms with van der Waals surface area (Å²) in [5, 5.41) is 8.90. The lowest BCUT2D eigenvalue weighted by molar-refractivity contribution is 0.122. The number of methoxy groups -OCH3 is 1. The van der Waals surface area contributed by atoms with Crippen LogP contribution in [0.2, 0.25) is 0 Å². The molecule has 1 N–H and O–H groups in total. The van der Waals surface area contributed by atoms with Gasteiger partial charge in [0, 0.05) is 37.4 Å². The van der Waals surface area contributed by atoms with Gasteiger partial charge < -0.3 is 19.7 Å². The van der Waals surface area contributed by atoms with E-state index in [1.54, 1.807) is 7.11 Å². The zero-order chi connectivity index (χ0) is 21.2. The molecule has 0 aliphatic carbocycles. The number of aromatic nitrogens is 3. The quantitative estimate of drug-likeness (QED) is 0.526. The summed E-state index contributed by atoms with van der Waals surface area (Å²) in [6.45, 7) is 3.16. The lowest BCUT2D eigenvalue weighted by atomic mass is 10.1. The number of anilines is 3. The third kappa shape index (κ3) is 3.92. The highest BCUT2D eigenvalue weighted by atomic mass is 16.5. The van der Waals surface area contributed by atoms with E-state index < -0.39 is 0 Å². The van der Waals surface area contributed by atoms with E-state index in [1.807, 2.05) is 42.3 Å². The molecule has 1 aliphatic heterocycles. The van der Waals surface area contributed by atoms with Gasteiger partial charge >= 0.3 is 0 Å². The second kappa shape index (κ2) is 8.28. The molecule has 7 heteroatoms. The van der Waals surface area contributed by atoms with E-state index in [4.69, 9.17) is 9.47 Å². The van der Waals surface area contributed by atoms with Crippen molar-refractivity contribution >= 4 is 28.1 Å². The number of benzene rings is 2. The van der Waals surface area contributed by atoms with Gasteiger partial charge in [-0.25, -0.2) is 4.98 Å². The summed E-state index contributed by atoms with van der Waals surface area (Å²) in [6, 6.07) is 16.6. The summed E-state index contributed by atoms with van der Waals surface area (Å²) in [4.78, 5) is 6.81. The molecular formula is C24H25N5O2. The van der Waals surface area contributed by atoms with Crippen molar-refractivity contribution < 1.29 is 9.47 Å². The summed E-state index contributed by atoms with van der Waals surface area (Å²) in [5.41, 5.74) is 5.38. The standard InChI is InChI=1S/C24H25N5O2/c1-28-21-5-3-17(13-19(21)16-26-28)18-7-8-25-24(14-18)27-20-4-6-23(30-2)22(15-20)29-9-11-31-12-10-29/h3-8,13-16H,9-12H2,1-2H3,(H,25,27). The number of pyridine rings is 1. The van der Waals surface area contributed by atoms with Gasteiger partial charge in [0.2, 0.25) is 0 Å². The zero-order valence-corrected chi connectivity index (χ0v) is 17.7. The molecule has 0 bridgehead atoms. The lowest BCUT2D eigenvalue weighted by Crippen LogP contribution is -2.36. The predicted octanol–water partition coefficient (Wildman–Crippen LogP) is 4.22. The zero-order valence-electron chi connectivity index (χ0n) is 17.7. The van der Waals surface area contributed by atoms with Crippen LogP contribution >= 0.6 is 0 Å². The summed E-state index contributed by atoms with van der Waals surface area (Å²) in [6.07, 6.45) is 3.72. The smallest absolute Gasteiger partial charge is 0.142 e. The number of nitrogens with zero attached hydrogens (tertiary/aromatic N) is 4. The second-order valence-electron chi connectivity index (χ2n) is 7.58. The van der Waals surface area contributed by atoms with E-state index in [0.717, 1.165) is 71.3 Å². The van der Waals surface area contributed by atoms with Crippen molar-refractivity contribution in [1.29, 1.82) is 0 Å². The van der Waals surface area contributed by atoms with E-state index in [9.17, 15) is 0 Å². The van der Waals surface area contributed by atoms with Crippen LogP contribution in [0, 0.1) is 0 Å². The van der Waals surface area contributed by atoms with Crippen LogP contribution in [0.1, 0.15) is 0 Å². The largest absolute Gasteiger partial charge is 0.495 e. The van der Waals surface area contributed by atoms with Crippen LogP contribution in [0.15, 0.2) is 60.9 Å². The maximum Gasteiger partial charge on any atom is 0.142 e. The van der Waals surface area contributed by atoms with Crippen LogP contribution in [-0.4, -0.2) is 48.2 Å². The van der Waals surface area contributed by atoms with Gasteiger partial charge in [-0.1, -0.05) is 6.07 Å². The van der Waals surface area contributed by atoms with Gasteiger partial charge in [-0.15, -0.1) is 0 Å². The molecule has 0 radical (unpaired) electrons. The van der Waals surface area contributed by atoms with Crippen molar-refractivity contribution in [2.24, 2.45) is 7.05 Å². The van der Waals surface area contributed by atoms with Crippen molar-refractivity contribution in [3.8, 4) is 16.9 Å². The first-order valence-corrected chi connectivity index (χ1v) is 10.4. The first kappa shape index (κ1) is 19.4. The number of ether oxygens (including phenoxy) is 2. The molecule has 5 rings (SSSR count). The van der Waals surface area contributed by atoms with Gasteiger partial charge in [0.15, 0.2) is 0 Å². The first-order valence-electron chi connectivity index (χ1n) is 10.4. The Hall–Kier alpha value is -3.58. The fourth-order valence-electron chi connectivity index (χ4n) is 3.99. The van der Waals surface area contributed by atoms with Gasteiger partial charge in [-0.2, -0.15) is 5.10 Å². The van der Waals surface area contributed by atoms with Gasteiger partial charge in [0.25, 0.3) is 0 Å². The lowest BCUT2D eigenvalue weighted by Gasteiger charge is -2.30. The highest BCUT2D eigenvalue weighted by molar-refractivity contribution is 5.85. The predicted molar refractivity (Wildman–Crippen MR) is 123 cm³/mol. The Morgan fingerprint density at radius 2 is 1.84 bits per heavy atom. The molecule has 1 saturated heterocycles. The second-order valence-corrected chi connectivity index (χ2v) is 7.58. The molecule has 1 fully saturated rings. The van der Waals surface area contributed by atoms with Crippen molar-refractivity contribution in [3.63, 3.8) is 0 Å². The molecule has 0 unspecified atom stereocenters. The normalized spacial score (nSPS) is 14.1. The fourth-order valence-corrected chi connectivity index (χ4v) is 3.99. The Balaban J connectivity index is 1.42. The summed E-state index contributed by atoms with van der Waals surface area (Å²) in [7, 11) is 3.66. The molecule has 158 valence electrons. The maximum absolute atomic E-state index is 5.58. The molecule has 0 saturated carbocycles. The van der Waals surface area contributed by atoms with Crippen LogP contribution < -0.4 is 15.0 Å². The van der Waals surface area contributed by atoms with Gasteiger partial charge in [-0.3, -0.25) is 4.68 Å². The minimum Gasteiger partial charge on any atom is -0.495 e. The number of aryl methyl sites for hydroxylation is 1. The summed E-state index contributed by atoms with van der Waals surface area (Å²) < 4.78 is 13.0. The van der Waals surface area contributed by atoms with Crippen molar-refractivity contribution in [2.45, 2.75) is 0 Å². The van der Waals surface area contributed by atoms with Gasteiger partial charge in [0.05, 0.1) is 37.7 Å². The number of hydrogen-bond donors (Lipinski definition) is 1. The van der Waals surface area contributed by atoms with Crippen molar-refractivity contribution in [2.75, 3.05) is 43.6 Å². The topological polar surface area (TPSA) is 64.4 Å². The average molecular weight is 415 g/mol. The molecule has 0 atom stereocenters. The van der Waals surface area contributed by atoms with E-state index in [0.29, 0.717) is 0 Å². The Morgan fingerprint density at radius 3 is 2.68 bits per heavy atom. The number of rotatable bonds is 5. The Labute approximate surface area is 181 Å². The van der Waals surface area contributed by atoms with E-state index in [2.05, 4.69) is 50.6 Å². The van der Waals surface area contributed by atoms with Gasteiger partial charge in [-0.05, 0) is 53.6 Å². The molecule has 0 amide bonds. The van der Waals surface area contributed by atoms with Crippen LogP contribution in [0.25, 0.3) is 22.0 Å². The Bertz CT molecular complexity index is 1210. The van der Waals surface area contributed by atoms with Crippen LogP contribution in [-0.2, 0) is 11.8 Å². The van der Waals surface area contributed by atoms with E-state index in [1.165, 1.54) is 0 Å². The highest BCUT2D eigenvalue weighted by Crippen LogP contribution is 2.33. The molecule has 3 heterocycles. The molecule has 31 heavy (non-hydrogen) atoms. The molecule has 0 spiro atoms. The van der Waals surface area contributed by atoms with Crippen LogP contribution in [0.4, 0.5) is 17.2 Å². The van der Waals surface area contributed by atoms with Crippen molar-refractivity contribution in [3.05, 3.63) is 60.9 Å². The SMILES string of the molecule is COc1ccc(Nc2cc(-c3ccc4c(cnn4C)c3)ccn2)cc1N1CCOCC1. The molecule has 1 aliphatic rings. The Kier molecular flexibility index (Phi) is 5.18. The minimum absolute atomic E-state index is 0.728. The van der Waals surface area contributed by atoms with Gasteiger partial charge in [0.1, 0.15) is 11.6 Å². The maximum atomic E-state index is 5.58. The summed E-state index contributed by atoms with van der Waals surface area (Å²) >= 11 is 0. The monoisotopic (exact) mass is 415 g/mol. The van der Waals surface area contributed by atoms with Crippen LogP contribution in [0.5, 0.6) is 5.75 Å². The molecule has 2 aromatic heterocycles. The number of hydrogen-bond acceptors (Lipinski definition) is 6. The average Bonchev–Trinajstić information content (AvgIpc) is 3.20. The van der Waals surface area contributed by atoms with Crippen LogP contribution in [0.3, 0.4) is 0 Å². The first-order chi connectivity index (χ1) is 15.2. The number of morpholine rings is 1. The molecule has 2 aromatic carbocycles. The minimum atomic E-state index is 0.728. The third-order valence-electron chi connectivity index (χ3n) is 5.64. The molecule has 7 nitrogen and oxygen atoms in total. The van der Waals surface area contributed by atoms with E-state index >= 15 is 0 Å². The van der Waals surface area contributed by atoms with Crippen molar-refractivity contribution in [1.82, 2.24) is 14.8 Å². The summed E-state index contributed by atoms with van der Waals surface area (Å²) in [5.74, 6) is 1.65.